The zero-order valence-electron chi connectivity index (χ0n) is 18.0. The molecule has 1 unspecified atom stereocenters. The lowest BCUT2D eigenvalue weighted by atomic mass is 9.93. The summed E-state index contributed by atoms with van der Waals surface area (Å²) in [4.78, 5) is 33.0. The van der Waals surface area contributed by atoms with Crippen LogP contribution in [-0.4, -0.2) is 45.0 Å². The van der Waals surface area contributed by atoms with E-state index >= 15 is 0 Å². The average Bonchev–Trinajstić information content (AvgIpc) is 2.81. The van der Waals surface area contributed by atoms with Gasteiger partial charge in [-0.3, -0.25) is 14.8 Å². The van der Waals surface area contributed by atoms with E-state index in [1.807, 2.05) is 61.7 Å². The van der Waals surface area contributed by atoms with Gasteiger partial charge in [0.05, 0.1) is 11.9 Å². The zero-order chi connectivity index (χ0) is 22.9. The molecule has 0 aliphatic rings. The molecule has 0 radical (unpaired) electrons. The minimum atomic E-state index is -1.03. The van der Waals surface area contributed by atoms with E-state index in [1.54, 1.807) is 36.4 Å². The lowest BCUT2D eigenvalue weighted by Crippen LogP contribution is -2.41. The van der Waals surface area contributed by atoms with Crippen LogP contribution < -0.4 is 5.32 Å². The molecule has 1 atom stereocenters. The van der Waals surface area contributed by atoms with Crippen molar-refractivity contribution >= 4 is 35.8 Å². The van der Waals surface area contributed by atoms with Gasteiger partial charge in [-0.1, -0.05) is 36.4 Å². The van der Waals surface area contributed by atoms with Gasteiger partial charge in [0.15, 0.2) is 0 Å². The number of carbonyl (C=O) groups excluding carboxylic acids is 1. The van der Waals surface area contributed by atoms with E-state index in [0.29, 0.717) is 17.7 Å². The molecule has 1 heterocycles. The van der Waals surface area contributed by atoms with Gasteiger partial charge < -0.3 is 10.4 Å². The molecule has 3 aromatic rings. The van der Waals surface area contributed by atoms with Crippen molar-refractivity contribution in [1.29, 1.82) is 0 Å². The fraction of sp³-hybridized carbons (Fsp3) is 0.200. The lowest BCUT2D eigenvalue weighted by molar-refractivity contribution is -0.139. The Morgan fingerprint density at radius 3 is 2.62 bits per heavy atom. The predicted molar refractivity (Wildman–Crippen MR) is 129 cm³/mol. The molecule has 0 saturated heterocycles. The summed E-state index contributed by atoms with van der Waals surface area (Å²) < 4.78 is 0. The number of rotatable bonds is 9. The summed E-state index contributed by atoms with van der Waals surface area (Å²) in [5, 5.41) is 12.2. The molecule has 0 saturated carbocycles. The number of aryl methyl sites for hydroxylation is 1. The Hall–Kier alpha value is -3.45. The number of aromatic nitrogens is 2. The number of benzene rings is 2. The number of nitrogens with one attached hydrogen (secondary N) is 1. The van der Waals surface area contributed by atoms with Gasteiger partial charge in [0.1, 0.15) is 6.04 Å². The Bertz CT molecular complexity index is 1120. The quantitative estimate of drug-likeness (QED) is 0.500. The number of aliphatic carboxylic acids is 1. The van der Waals surface area contributed by atoms with Crippen LogP contribution in [0.1, 0.15) is 33.6 Å². The smallest absolute Gasteiger partial charge is 0.326 e. The number of carboxylic acids is 1. The van der Waals surface area contributed by atoms with Gasteiger partial charge in [-0.2, -0.15) is 11.8 Å². The molecular weight excluding hydrogens is 422 g/mol. The minimum Gasteiger partial charge on any atom is -0.480 e. The Morgan fingerprint density at radius 2 is 1.94 bits per heavy atom. The second kappa shape index (κ2) is 11.2. The summed E-state index contributed by atoms with van der Waals surface area (Å²) in [5.41, 5.74) is 4.74. The third-order valence-electron chi connectivity index (χ3n) is 4.97. The first kappa shape index (κ1) is 23.2. The largest absolute Gasteiger partial charge is 0.480 e. The fourth-order valence-electron chi connectivity index (χ4n) is 3.27. The SMILES string of the molecule is CSCCC(NC(=O)c1ccc(/C=C/c2cnccn2)cc1-c1ccccc1C)C(=O)O. The fourth-order valence-corrected chi connectivity index (χ4v) is 3.74. The third-order valence-corrected chi connectivity index (χ3v) is 5.61. The highest BCUT2D eigenvalue weighted by atomic mass is 32.2. The molecule has 1 amide bonds. The average molecular weight is 448 g/mol. The molecule has 7 heteroatoms. The maximum absolute atomic E-state index is 13.1. The summed E-state index contributed by atoms with van der Waals surface area (Å²) >= 11 is 1.55. The number of carbonyl (C=O) groups is 2. The van der Waals surface area contributed by atoms with Crippen molar-refractivity contribution in [2.75, 3.05) is 12.0 Å². The van der Waals surface area contributed by atoms with Crippen LogP contribution in [0.5, 0.6) is 0 Å². The summed E-state index contributed by atoms with van der Waals surface area (Å²) in [5.74, 6) is -0.789. The normalized spacial score (nSPS) is 11.9. The molecule has 0 aliphatic carbocycles. The summed E-state index contributed by atoms with van der Waals surface area (Å²) in [6, 6.07) is 12.4. The molecule has 32 heavy (non-hydrogen) atoms. The lowest BCUT2D eigenvalue weighted by Gasteiger charge is -2.17. The van der Waals surface area contributed by atoms with Gasteiger partial charge in [-0.15, -0.1) is 0 Å². The topological polar surface area (TPSA) is 92.2 Å². The Morgan fingerprint density at radius 1 is 1.12 bits per heavy atom. The maximum Gasteiger partial charge on any atom is 0.326 e. The number of nitrogens with zero attached hydrogens (tertiary/aromatic N) is 2. The van der Waals surface area contributed by atoms with Crippen molar-refractivity contribution in [3.05, 3.63) is 83.4 Å². The van der Waals surface area contributed by atoms with Crippen molar-refractivity contribution in [3.8, 4) is 11.1 Å². The Kier molecular flexibility index (Phi) is 8.16. The zero-order valence-corrected chi connectivity index (χ0v) is 18.8. The predicted octanol–water partition coefficient (Wildman–Crippen LogP) is 4.56. The van der Waals surface area contributed by atoms with E-state index in [-0.39, 0.29) is 0 Å². The van der Waals surface area contributed by atoms with Crippen LogP contribution in [0.2, 0.25) is 0 Å². The molecule has 0 bridgehead atoms. The van der Waals surface area contributed by atoms with Crippen LogP contribution in [0, 0.1) is 6.92 Å². The number of hydrogen-bond acceptors (Lipinski definition) is 5. The van der Waals surface area contributed by atoms with E-state index in [9.17, 15) is 14.7 Å². The second-order valence-corrected chi connectivity index (χ2v) is 8.21. The van der Waals surface area contributed by atoms with Crippen LogP contribution in [0.4, 0.5) is 0 Å². The highest BCUT2D eigenvalue weighted by Gasteiger charge is 2.22. The van der Waals surface area contributed by atoms with E-state index in [4.69, 9.17) is 0 Å². The summed E-state index contributed by atoms with van der Waals surface area (Å²) in [6.07, 6.45) is 10.9. The molecular formula is C25H25N3O3S. The number of thioether (sulfide) groups is 1. The minimum absolute atomic E-state index is 0.362. The molecule has 3 rings (SSSR count). The van der Waals surface area contributed by atoms with Crippen molar-refractivity contribution < 1.29 is 14.7 Å². The van der Waals surface area contributed by atoms with Crippen molar-refractivity contribution in [3.63, 3.8) is 0 Å². The monoisotopic (exact) mass is 447 g/mol. The molecule has 0 spiro atoms. The third kappa shape index (κ3) is 6.04. The first-order valence-electron chi connectivity index (χ1n) is 10.2. The number of hydrogen-bond donors (Lipinski definition) is 2. The van der Waals surface area contributed by atoms with Gasteiger partial charge in [-0.05, 0) is 65.8 Å². The van der Waals surface area contributed by atoms with Crippen LogP contribution in [-0.2, 0) is 4.79 Å². The first-order valence-corrected chi connectivity index (χ1v) is 11.6. The Labute approximate surface area is 191 Å². The van der Waals surface area contributed by atoms with Gasteiger partial charge in [-0.25, -0.2) is 4.79 Å². The van der Waals surface area contributed by atoms with E-state index < -0.39 is 17.9 Å². The first-order chi connectivity index (χ1) is 15.5. The van der Waals surface area contributed by atoms with Gasteiger partial charge in [0.2, 0.25) is 0 Å². The number of amides is 1. The van der Waals surface area contributed by atoms with Crippen molar-refractivity contribution in [1.82, 2.24) is 15.3 Å². The second-order valence-electron chi connectivity index (χ2n) is 7.23. The van der Waals surface area contributed by atoms with Crippen LogP contribution in [0.15, 0.2) is 61.1 Å². The van der Waals surface area contributed by atoms with Gasteiger partial charge in [0.25, 0.3) is 5.91 Å². The van der Waals surface area contributed by atoms with Crippen LogP contribution in [0.25, 0.3) is 23.3 Å². The maximum atomic E-state index is 13.1. The van der Waals surface area contributed by atoms with E-state index in [0.717, 1.165) is 27.9 Å². The molecule has 164 valence electrons. The highest BCUT2D eigenvalue weighted by molar-refractivity contribution is 7.98. The molecule has 0 fully saturated rings. The number of carboxylic acid groups (broad SMARTS) is 1. The van der Waals surface area contributed by atoms with Gasteiger partial charge >= 0.3 is 5.97 Å². The molecule has 2 N–H and O–H groups in total. The van der Waals surface area contributed by atoms with Gasteiger partial charge in [0, 0.05) is 18.0 Å². The Balaban J connectivity index is 1.98. The summed E-state index contributed by atoms with van der Waals surface area (Å²) in [6.45, 7) is 1.98. The van der Waals surface area contributed by atoms with Crippen molar-refractivity contribution in [2.45, 2.75) is 19.4 Å². The highest BCUT2D eigenvalue weighted by Crippen LogP contribution is 2.29. The molecule has 1 aromatic heterocycles. The molecule has 0 aliphatic heterocycles. The molecule has 2 aromatic carbocycles. The van der Waals surface area contributed by atoms with Crippen LogP contribution >= 0.6 is 11.8 Å². The summed E-state index contributed by atoms with van der Waals surface area (Å²) in [7, 11) is 0. The van der Waals surface area contributed by atoms with E-state index in [1.165, 1.54) is 0 Å². The van der Waals surface area contributed by atoms with Crippen molar-refractivity contribution in [2.24, 2.45) is 0 Å². The molecule has 6 nitrogen and oxygen atoms in total. The van der Waals surface area contributed by atoms with Crippen LogP contribution in [0.3, 0.4) is 0 Å². The van der Waals surface area contributed by atoms with E-state index in [2.05, 4.69) is 15.3 Å². The standard InChI is InChI=1S/C25H25N3O3S/c1-17-5-3-4-6-20(17)22-15-18(7-9-19-16-26-12-13-27-19)8-10-21(22)24(29)28-23(25(30)31)11-14-32-2/h3-10,12-13,15-16,23H,11,14H2,1-2H3,(H,28,29)(H,30,31)/b9-7+.